The highest BCUT2D eigenvalue weighted by Crippen LogP contribution is 2.19. The van der Waals surface area contributed by atoms with Crippen LogP contribution < -0.4 is 0 Å². The van der Waals surface area contributed by atoms with E-state index in [9.17, 15) is 5.11 Å². The number of likely N-dealkylation sites (N-methyl/N-ethyl adjacent to an activating group) is 1. The van der Waals surface area contributed by atoms with E-state index in [1.807, 2.05) is 6.07 Å². The molecule has 3 nitrogen and oxygen atoms in total. The van der Waals surface area contributed by atoms with Crippen LogP contribution >= 0.6 is 0 Å². The summed E-state index contributed by atoms with van der Waals surface area (Å²) in [5, 5.41) is 9.83. The Morgan fingerprint density at radius 2 is 2.00 bits per heavy atom. The smallest absolute Gasteiger partial charge is 0.120 e. The lowest BCUT2D eigenvalue weighted by Gasteiger charge is -2.21. The van der Waals surface area contributed by atoms with Crippen molar-refractivity contribution in [1.82, 2.24) is 9.80 Å². The van der Waals surface area contributed by atoms with Gasteiger partial charge < -0.3 is 14.9 Å². The topological polar surface area (TPSA) is 26.7 Å². The number of nitrogens with zero attached hydrogens (tertiary/aromatic N) is 2. The van der Waals surface area contributed by atoms with Gasteiger partial charge in [0.05, 0.1) is 0 Å². The van der Waals surface area contributed by atoms with Crippen molar-refractivity contribution in [2.45, 2.75) is 26.3 Å². The highest BCUT2D eigenvalue weighted by atomic mass is 16.3. The minimum Gasteiger partial charge on any atom is -0.508 e. The maximum absolute atomic E-state index is 9.83. The van der Waals surface area contributed by atoms with E-state index < -0.39 is 0 Å². The van der Waals surface area contributed by atoms with Crippen molar-refractivity contribution in [1.29, 1.82) is 0 Å². The third kappa shape index (κ3) is 3.72. The number of aryl methyl sites for hydroxylation is 1. The molecule has 1 aliphatic heterocycles. The molecular formula is C15H24N2O. The van der Waals surface area contributed by atoms with Gasteiger partial charge in [-0.3, -0.25) is 0 Å². The Morgan fingerprint density at radius 3 is 2.72 bits per heavy atom. The molecule has 1 fully saturated rings. The van der Waals surface area contributed by atoms with E-state index >= 15 is 0 Å². The Hall–Kier alpha value is -1.06. The van der Waals surface area contributed by atoms with E-state index in [0.717, 1.165) is 25.2 Å². The van der Waals surface area contributed by atoms with Crippen LogP contribution in [0.2, 0.25) is 0 Å². The van der Waals surface area contributed by atoms with Crippen LogP contribution in [-0.2, 0) is 6.54 Å². The third-order valence-corrected chi connectivity index (χ3v) is 3.67. The lowest BCUT2D eigenvalue weighted by atomic mass is 10.1. The molecule has 0 amide bonds. The average molecular weight is 248 g/mol. The summed E-state index contributed by atoms with van der Waals surface area (Å²) in [7, 11) is 2.12. The zero-order valence-corrected chi connectivity index (χ0v) is 11.5. The highest BCUT2D eigenvalue weighted by molar-refractivity contribution is 5.35. The average Bonchev–Trinajstić information content (AvgIpc) is 2.84. The molecule has 1 aromatic carbocycles. The van der Waals surface area contributed by atoms with Gasteiger partial charge in [-0.1, -0.05) is 17.7 Å². The second kappa shape index (κ2) is 6.21. The Bertz CT molecular complexity index is 386. The quantitative estimate of drug-likeness (QED) is 0.865. The first-order valence-electron chi connectivity index (χ1n) is 6.84. The molecule has 1 heterocycles. The zero-order chi connectivity index (χ0) is 13.0. The van der Waals surface area contributed by atoms with Gasteiger partial charge in [0.25, 0.3) is 0 Å². The lowest BCUT2D eigenvalue weighted by molar-refractivity contribution is 0.250. The van der Waals surface area contributed by atoms with Crippen LogP contribution in [0.5, 0.6) is 5.75 Å². The van der Waals surface area contributed by atoms with Crippen LogP contribution in [0.3, 0.4) is 0 Å². The van der Waals surface area contributed by atoms with Gasteiger partial charge in [0.15, 0.2) is 0 Å². The highest BCUT2D eigenvalue weighted by Gasteiger charge is 2.12. The van der Waals surface area contributed by atoms with Gasteiger partial charge in [0.1, 0.15) is 5.75 Å². The fourth-order valence-electron chi connectivity index (χ4n) is 2.53. The van der Waals surface area contributed by atoms with Crippen molar-refractivity contribution in [3.8, 4) is 5.75 Å². The van der Waals surface area contributed by atoms with E-state index in [1.54, 1.807) is 6.07 Å². The van der Waals surface area contributed by atoms with Gasteiger partial charge in [-0.25, -0.2) is 0 Å². The number of aromatic hydroxyl groups is 1. The summed E-state index contributed by atoms with van der Waals surface area (Å²) >= 11 is 0. The first-order valence-corrected chi connectivity index (χ1v) is 6.84. The number of phenolic OH excluding ortho intramolecular Hbond substituents is 1. The monoisotopic (exact) mass is 248 g/mol. The standard InChI is InChI=1S/C15H24N2O/c1-13-5-6-15(18)14(11-13)12-16(2)9-10-17-7-3-4-8-17/h5-6,11,18H,3-4,7-10,12H2,1-2H3. The first kappa shape index (κ1) is 13.4. The molecule has 1 saturated heterocycles. The van der Waals surface area contributed by atoms with Gasteiger partial charge in [-0.15, -0.1) is 0 Å². The van der Waals surface area contributed by atoms with Crippen molar-refractivity contribution < 1.29 is 5.11 Å². The fraction of sp³-hybridized carbons (Fsp3) is 0.600. The molecule has 0 aliphatic carbocycles. The van der Waals surface area contributed by atoms with Gasteiger partial charge in [0.2, 0.25) is 0 Å². The molecule has 0 saturated carbocycles. The van der Waals surface area contributed by atoms with Crippen molar-refractivity contribution in [3.05, 3.63) is 29.3 Å². The van der Waals surface area contributed by atoms with Crippen molar-refractivity contribution in [2.75, 3.05) is 33.2 Å². The number of likely N-dealkylation sites (tertiary alicyclic amines) is 1. The molecule has 1 N–H and O–H groups in total. The second-order valence-electron chi connectivity index (χ2n) is 5.42. The molecular weight excluding hydrogens is 224 g/mol. The summed E-state index contributed by atoms with van der Waals surface area (Å²) in [6.45, 7) is 7.60. The molecule has 0 radical (unpaired) electrons. The van der Waals surface area contributed by atoms with Gasteiger partial charge in [-0.2, -0.15) is 0 Å². The third-order valence-electron chi connectivity index (χ3n) is 3.67. The molecule has 0 spiro atoms. The second-order valence-corrected chi connectivity index (χ2v) is 5.42. The lowest BCUT2D eigenvalue weighted by Crippen LogP contribution is -2.31. The SMILES string of the molecule is Cc1ccc(O)c(CN(C)CCN2CCCC2)c1. The zero-order valence-electron chi connectivity index (χ0n) is 11.5. The Kier molecular flexibility index (Phi) is 4.61. The molecule has 100 valence electrons. The molecule has 1 aliphatic rings. The van der Waals surface area contributed by atoms with Crippen LogP contribution in [0.1, 0.15) is 24.0 Å². The summed E-state index contributed by atoms with van der Waals surface area (Å²) in [6.07, 6.45) is 2.70. The molecule has 1 aromatic rings. The molecule has 2 rings (SSSR count). The van der Waals surface area contributed by atoms with Crippen LogP contribution in [-0.4, -0.2) is 48.1 Å². The molecule has 3 heteroatoms. The van der Waals surface area contributed by atoms with Crippen LogP contribution in [0.25, 0.3) is 0 Å². The van der Waals surface area contributed by atoms with Crippen molar-refractivity contribution in [2.24, 2.45) is 0 Å². The van der Waals surface area contributed by atoms with Crippen molar-refractivity contribution >= 4 is 0 Å². The minimum atomic E-state index is 0.411. The summed E-state index contributed by atoms with van der Waals surface area (Å²) in [5.41, 5.74) is 2.23. The van der Waals surface area contributed by atoms with Crippen LogP contribution in [0.4, 0.5) is 0 Å². The number of hydrogen-bond acceptors (Lipinski definition) is 3. The van der Waals surface area contributed by atoms with E-state index in [4.69, 9.17) is 0 Å². The van der Waals surface area contributed by atoms with Crippen molar-refractivity contribution in [3.63, 3.8) is 0 Å². The van der Waals surface area contributed by atoms with Gasteiger partial charge >= 0.3 is 0 Å². The summed E-state index contributed by atoms with van der Waals surface area (Å²) < 4.78 is 0. The van der Waals surface area contributed by atoms with Gasteiger partial charge in [0, 0.05) is 25.2 Å². The molecule has 0 bridgehead atoms. The predicted octanol–water partition coefficient (Wildman–Crippen LogP) is 2.23. The first-order chi connectivity index (χ1) is 8.65. The molecule has 0 atom stereocenters. The Labute approximate surface area is 110 Å². The fourth-order valence-corrected chi connectivity index (χ4v) is 2.53. The number of phenols is 1. The Morgan fingerprint density at radius 1 is 1.28 bits per heavy atom. The number of hydrogen-bond donors (Lipinski definition) is 1. The van der Waals surface area contributed by atoms with E-state index in [1.165, 1.54) is 31.5 Å². The minimum absolute atomic E-state index is 0.411. The van der Waals surface area contributed by atoms with Crippen LogP contribution in [0.15, 0.2) is 18.2 Å². The molecule has 18 heavy (non-hydrogen) atoms. The maximum atomic E-state index is 9.83. The largest absolute Gasteiger partial charge is 0.508 e. The van der Waals surface area contributed by atoms with Gasteiger partial charge in [-0.05, 0) is 46.0 Å². The summed E-state index contributed by atoms with van der Waals surface area (Å²) in [5.74, 6) is 0.411. The maximum Gasteiger partial charge on any atom is 0.120 e. The summed E-state index contributed by atoms with van der Waals surface area (Å²) in [6, 6.07) is 5.81. The molecule has 0 unspecified atom stereocenters. The predicted molar refractivity (Wildman–Crippen MR) is 74.9 cm³/mol. The van der Waals surface area contributed by atoms with E-state index in [2.05, 4.69) is 29.8 Å². The summed E-state index contributed by atoms with van der Waals surface area (Å²) in [4.78, 5) is 4.80. The molecule has 0 aromatic heterocycles. The van der Waals surface area contributed by atoms with E-state index in [-0.39, 0.29) is 0 Å². The van der Waals surface area contributed by atoms with E-state index in [0.29, 0.717) is 5.75 Å². The van der Waals surface area contributed by atoms with Crippen LogP contribution in [0, 0.1) is 6.92 Å². The Balaban J connectivity index is 1.82. The number of rotatable bonds is 5. The normalized spacial score (nSPS) is 16.6. The number of benzene rings is 1.